The second kappa shape index (κ2) is 4.24. The molecule has 0 aromatic rings. The Morgan fingerprint density at radius 2 is 1.19 bits per heavy atom. The van der Waals surface area contributed by atoms with Gasteiger partial charge in [-0.15, -0.1) is 44.5 Å². The molecule has 0 rings (SSSR count). The zero-order valence-electron chi connectivity index (χ0n) is 6.87. The van der Waals surface area contributed by atoms with Crippen LogP contribution < -0.4 is 0 Å². The third-order valence-electron chi connectivity index (χ3n) is 0.924. The van der Waals surface area contributed by atoms with Gasteiger partial charge in [0.25, 0.3) is 0 Å². The first-order valence-corrected chi connectivity index (χ1v) is 3.14. The monoisotopic (exact) mass is 260 g/mol. The Morgan fingerprint density at radius 3 is 1.44 bits per heavy atom. The molecule has 94 valence electrons. The van der Waals surface area contributed by atoms with Crippen molar-refractivity contribution in [2.75, 3.05) is 0 Å². The highest BCUT2D eigenvalue weighted by Gasteiger charge is 2.52. The standard InChI is InChI=1S/C5HF9N2/c6-3(7,8)15-1-2-16(4(9,10)11)5(12,13)14/h2H. The van der Waals surface area contributed by atoms with Crippen LogP contribution in [0.3, 0.4) is 0 Å². The summed E-state index contributed by atoms with van der Waals surface area (Å²) in [5.41, 5.74) is 0. The Labute approximate surface area is 81.7 Å². The van der Waals surface area contributed by atoms with Crippen molar-refractivity contribution in [3.8, 4) is 0 Å². The molecule has 0 atom stereocenters. The van der Waals surface area contributed by atoms with E-state index in [2.05, 4.69) is 0 Å². The summed E-state index contributed by atoms with van der Waals surface area (Å²) in [4.78, 5) is -0.837. The van der Waals surface area contributed by atoms with Crippen LogP contribution in [0.2, 0.25) is 0 Å². The van der Waals surface area contributed by atoms with Gasteiger partial charge in [0.15, 0.2) is 0 Å². The van der Waals surface area contributed by atoms with Crippen LogP contribution in [0.4, 0.5) is 39.5 Å². The molecule has 0 unspecified atom stereocenters. The number of rotatable bonds is 1. The van der Waals surface area contributed by atoms with E-state index in [0.29, 0.717) is 5.87 Å². The Balaban J connectivity index is 5.07. The molecular formula is C5HF9N2. The SMILES string of the molecule is FC(F)(F)N=C=CN(C(F)(F)F)C(F)(F)F. The van der Waals surface area contributed by atoms with Crippen LogP contribution in [0.25, 0.3) is 0 Å². The minimum Gasteiger partial charge on any atom is -0.191 e. The lowest BCUT2D eigenvalue weighted by atomic mass is 10.7. The minimum absolute atomic E-state index is 0.499. The molecule has 2 nitrogen and oxygen atoms in total. The molecule has 0 amide bonds. The fraction of sp³-hybridized carbons (Fsp3) is 0.600. The number of hydrogen-bond acceptors (Lipinski definition) is 2. The first kappa shape index (κ1) is 14.6. The van der Waals surface area contributed by atoms with Gasteiger partial charge in [-0.1, -0.05) is 0 Å². The number of alkyl halides is 9. The molecule has 0 aliphatic carbocycles. The summed E-state index contributed by atoms with van der Waals surface area (Å²) in [6, 6.07) is 0. The number of nitrogens with zero attached hydrogens (tertiary/aromatic N) is 2. The van der Waals surface area contributed by atoms with Crippen molar-refractivity contribution in [3.63, 3.8) is 0 Å². The molecule has 0 saturated heterocycles. The van der Waals surface area contributed by atoms with Crippen LogP contribution in [0.5, 0.6) is 0 Å². The second-order valence-corrected chi connectivity index (χ2v) is 2.14. The van der Waals surface area contributed by atoms with Gasteiger partial charge in [0.2, 0.25) is 0 Å². The Kier molecular flexibility index (Phi) is 3.87. The van der Waals surface area contributed by atoms with Gasteiger partial charge >= 0.3 is 18.9 Å². The van der Waals surface area contributed by atoms with Gasteiger partial charge in [-0.05, 0) is 0 Å². The van der Waals surface area contributed by atoms with E-state index in [9.17, 15) is 39.5 Å². The Bertz CT molecular complexity index is 274. The van der Waals surface area contributed by atoms with Crippen molar-refractivity contribution in [3.05, 3.63) is 6.20 Å². The van der Waals surface area contributed by atoms with Crippen molar-refractivity contribution in [2.24, 2.45) is 4.99 Å². The van der Waals surface area contributed by atoms with Gasteiger partial charge in [-0.3, -0.25) is 0 Å². The molecule has 0 fully saturated rings. The van der Waals surface area contributed by atoms with Gasteiger partial charge in [-0.2, -0.15) is 4.90 Å². The quantitative estimate of drug-likeness (QED) is 0.402. The molecular weight excluding hydrogens is 259 g/mol. The molecule has 0 N–H and O–H groups in total. The highest BCUT2D eigenvalue weighted by atomic mass is 19.4. The third-order valence-corrected chi connectivity index (χ3v) is 0.924. The lowest BCUT2D eigenvalue weighted by Gasteiger charge is -2.23. The number of aliphatic imine (C=N–C) groups is 1. The first-order valence-electron chi connectivity index (χ1n) is 3.14. The molecule has 0 aromatic carbocycles. The molecule has 0 saturated carbocycles. The smallest absolute Gasteiger partial charge is 0.191 e. The van der Waals surface area contributed by atoms with Crippen LogP contribution in [0.15, 0.2) is 11.2 Å². The molecule has 0 bridgehead atoms. The van der Waals surface area contributed by atoms with Gasteiger partial charge in [-0.25, -0.2) is 0 Å². The molecule has 0 aliphatic heterocycles. The van der Waals surface area contributed by atoms with E-state index < -0.39 is 30.0 Å². The molecule has 0 aliphatic rings. The van der Waals surface area contributed by atoms with Gasteiger partial charge < -0.3 is 0 Å². The van der Waals surface area contributed by atoms with Crippen molar-refractivity contribution >= 4 is 5.87 Å². The van der Waals surface area contributed by atoms with Gasteiger partial charge in [0, 0.05) is 5.87 Å². The van der Waals surface area contributed by atoms with Gasteiger partial charge in [0.05, 0.1) is 6.20 Å². The van der Waals surface area contributed by atoms with E-state index in [1.54, 1.807) is 0 Å². The maximum atomic E-state index is 11.6. The molecule has 11 heteroatoms. The third kappa shape index (κ3) is 5.49. The van der Waals surface area contributed by atoms with E-state index >= 15 is 0 Å². The highest BCUT2D eigenvalue weighted by molar-refractivity contribution is 5.51. The lowest BCUT2D eigenvalue weighted by molar-refractivity contribution is -0.353. The van der Waals surface area contributed by atoms with Crippen LogP contribution in [0.1, 0.15) is 0 Å². The fourth-order valence-corrected chi connectivity index (χ4v) is 0.450. The first-order chi connectivity index (χ1) is 6.84. The van der Waals surface area contributed by atoms with E-state index in [0.717, 1.165) is 0 Å². The summed E-state index contributed by atoms with van der Waals surface area (Å²) in [7, 11) is 0. The van der Waals surface area contributed by atoms with E-state index in [1.807, 2.05) is 0 Å². The second-order valence-electron chi connectivity index (χ2n) is 2.14. The number of hydrogen-bond donors (Lipinski definition) is 0. The summed E-state index contributed by atoms with van der Waals surface area (Å²) in [5, 5.41) is 0. The maximum Gasteiger partial charge on any atom is 0.511 e. The van der Waals surface area contributed by atoms with Crippen molar-refractivity contribution in [1.82, 2.24) is 4.90 Å². The average Bonchev–Trinajstić information content (AvgIpc) is 1.90. The Hall–Kier alpha value is -1.38. The normalized spacial score (nSPS) is 13.1. The Morgan fingerprint density at radius 1 is 0.812 bits per heavy atom. The van der Waals surface area contributed by atoms with Crippen LogP contribution in [-0.2, 0) is 0 Å². The van der Waals surface area contributed by atoms with E-state index in [-0.39, 0.29) is 0 Å². The maximum absolute atomic E-state index is 11.6. The summed E-state index contributed by atoms with van der Waals surface area (Å²) in [6.07, 6.45) is -18.1. The predicted octanol–water partition coefficient (Wildman–Crippen LogP) is 3.03. The topological polar surface area (TPSA) is 15.6 Å². The van der Waals surface area contributed by atoms with E-state index in [4.69, 9.17) is 0 Å². The molecule has 16 heavy (non-hydrogen) atoms. The summed E-state index contributed by atoms with van der Waals surface area (Å²) >= 11 is 0. The zero-order valence-corrected chi connectivity index (χ0v) is 6.87. The van der Waals surface area contributed by atoms with Crippen molar-refractivity contribution < 1.29 is 39.5 Å². The van der Waals surface area contributed by atoms with Crippen molar-refractivity contribution in [1.29, 1.82) is 0 Å². The minimum atomic E-state index is -5.91. The predicted molar refractivity (Wildman–Crippen MR) is 32.0 cm³/mol. The zero-order chi connectivity index (χ0) is 13.2. The fourth-order valence-electron chi connectivity index (χ4n) is 0.450. The summed E-state index contributed by atoms with van der Waals surface area (Å²) in [5.74, 6) is 0.499. The van der Waals surface area contributed by atoms with Crippen molar-refractivity contribution in [2.45, 2.75) is 18.9 Å². The molecule has 0 heterocycles. The molecule has 0 spiro atoms. The van der Waals surface area contributed by atoms with Crippen LogP contribution >= 0.6 is 0 Å². The summed E-state index contributed by atoms with van der Waals surface area (Å²) in [6.45, 7) is 0. The van der Waals surface area contributed by atoms with Crippen LogP contribution in [-0.4, -0.2) is 29.7 Å². The average molecular weight is 260 g/mol. The van der Waals surface area contributed by atoms with Crippen LogP contribution in [0, 0.1) is 0 Å². The molecule has 0 aromatic heterocycles. The molecule has 0 radical (unpaired) electrons. The van der Waals surface area contributed by atoms with Gasteiger partial charge in [0.1, 0.15) is 0 Å². The number of halogens is 9. The van der Waals surface area contributed by atoms with E-state index in [1.165, 1.54) is 4.99 Å². The summed E-state index contributed by atoms with van der Waals surface area (Å²) < 4.78 is 104. The lowest BCUT2D eigenvalue weighted by Crippen LogP contribution is -2.44. The largest absolute Gasteiger partial charge is 0.511 e. The highest BCUT2D eigenvalue weighted by Crippen LogP contribution is 2.33.